The first-order valence-corrected chi connectivity index (χ1v) is 14.8. The monoisotopic (exact) mass is 629 g/mol. The number of pyridine rings is 3. The number of nitrogens with one attached hydrogen (secondary N) is 1. The van der Waals surface area contributed by atoms with Gasteiger partial charge in [-0.3, -0.25) is 9.55 Å². The summed E-state index contributed by atoms with van der Waals surface area (Å²) in [4.78, 5) is 27.7. The zero-order chi connectivity index (χ0) is 32.5. The van der Waals surface area contributed by atoms with E-state index in [1.165, 1.54) is 12.3 Å². The molecule has 0 saturated carbocycles. The van der Waals surface area contributed by atoms with Crippen molar-refractivity contribution in [1.29, 1.82) is 5.26 Å². The van der Waals surface area contributed by atoms with Gasteiger partial charge in [0.1, 0.15) is 29.0 Å². The van der Waals surface area contributed by atoms with Gasteiger partial charge in [0, 0.05) is 42.8 Å². The molecule has 1 aliphatic heterocycles. The van der Waals surface area contributed by atoms with Gasteiger partial charge in [-0.15, -0.1) is 0 Å². The average molecular weight is 630 g/mol. The molecule has 47 heavy (non-hydrogen) atoms. The van der Waals surface area contributed by atoms with Gasteiger partial charge in [-0.25, -0.2) is 34.2 Å². The van der Waals surface area contributed by atoms with E-state index in [0.29, 0.717) is 71.4 Å². The fraction of sp³-hybridized carbons (Fsp3) is 0.182. The molecule has 0 bridgehead atoms. The highest BCUT2D eigenvalue weighted by molar-refractivity contribution is 5.84. The molecule has 234 valence electrons. The fourth-order valence-corrected chi connectivity index (χ4v) is 5.71. The Morgan fingerprint density at radius 1 is 0.894 bits per heavy atom. The molecule has 1 saturated heterocycles. The topological polar surface area (TPSA) is 188 Å². The molecule has 0 atom stereocenters. The second-order valence-corrected chi connectivity index (χ2v) is 11.1. The van der Waals surface area contributed by atoms with Crippen molar-refractivity contribution in [2.75, 3.05) is 24.1 Å². The summed E-state index contributed by atoms with van der Waals surface area (Å²) in [6, 6.07) is 20.5. The second-order valence-electron chi connectivity index (χ2n) is 11.1. The Morgan fingerprint density at radius 2 is 1.68 bits per heavy atom. The number of anilines is 2. The number of hydrogen-bond acceptors (Lipinski definition) is 12. The van der Waals surface area contributed by atoms with Gasteiger partial charge in [0.2, 0.25) is 5.82 Å². The van der Waals surface area contributed by atoms with E-state index >= 15 is 0 Å². The van der Waals surface area contributed by atoms with Crippen LogP contribution in [0.5, 0.6) is 0 Å². The van der Waals surface area contributed by atoms with E-state index in [9.17, 15) is 14.6 Å². The van der Waals surface area contributed by atoms with Gasteiger partial charge in [-0.05, 0) is 67.4 Å². The molecule has 13 nitrogen and oxygen atoms in total. The minimum atomic E-state index is -2.22. The lowest BCUT2D eigenvalue weighted by atomic mass is 10.0. The summed E-state index contributed by atoms with van der Waals surface area (Å²) in [5, 5.41) is 35.0. The van der Waals surface area contributed by atoms with Crippen molar-refractivity contribution in [3.8, 4) is 34.5 Å². The number of hydrogen-bond donors (Lipinski definition) is 4. The molecule has 1 fully saturated rings. The van der Waals surface area contributed by atoms with E-state index in [2.05, 4.69) is 25.3 Å². The molecule has 6 aromatic rings. The predicted octanol–water partition coefficient (Wildman–Crippen LogP) is 3.60. The summed E-state index contributed by atoms with van der Waals surface area (Å²) in [6.45, 7) is 0.812. The van der Waals surface area contributed by atoms with Crippen molar-refractivity contribution in [3.05, 3.63) is 103 Å². The van der Waals surface area contributed by atoms with E-state index in [0.717, 1.165) is 6.20 Å². The van der Waals surface area contributed by atoms with Crippen molar-refractivity contribution in [2.45, 2.75) is 24.8 Å². The Balaban J connectivity index is 1.18. The molecule has 5 N–H and O–H groups in total. The third-order valence-electron chi connectivity index (χ3n) is 8.13. The number of aliphatic hydroxyl groups is 2. The van der Waals surface area contributed by atoms with Crippen LogP contribution in [-0.4, -0.2) is 68.7 Å². The van der Waals surface area contributed by atoms with E-state index < -0.39 is 11.7 Å². The maximum absolute atomic E-state index is 13.6. The molecule has 0 aliphatic carbocycles. The van der Waals surface area contributed by atoms with Crippen LogP contribution in [0, 0.1) is 17.1 Å². The maximum atomic E-state index is 13.6. The zero-order valence-electron chi connectivity index (χ0n) is 24.9. The van der Waals surface area contributed by atoms with Crippen LogP contribution in [0.1, 0.15) is 24.2 Å². The molecule has 0 spiro atoms. The van der Waals surface area contributed by atoms with Crippen molar-refractivity contribution in [1.82, 2.24) is 39.4 Å². The number of aromatic nitrogens is 7. The van der Waals surface area contributed by atoms with Crippen LogP contribution in [0.2, 0.25) is 0 Å². The van der Waals surface area contributed by atoms with Crippen LogP contribution < -0.4 is 11.1 Å². The fourth-order valence-electron chi connectivity index (χ4n) is 5.71. The van der Waals surface area contributed by atoms with E-state index in [-0.39, 0.29) is 23.2 Å². The third kappa shape index (κ3) is 5.82. The summed E-state index contributed by atoms with van der Waals surface area (Å²) in [7, 11) is 0. The molecule has 6 heterocycles. The first-order valence-electron chi connectivity index (χ1n) is 14.8. The quantitative estimate of drug-likeness (QED) is 0.188. The summed E-state index contributed by atoms with van der Waals surface area (Å²) < 4.78 is 15.4. The molecular weight excluding hydrogens is 601 g/mol. The van der Waals surface area contributed by atoms with Gasteiger partial charge < -0.3 is 21.3 Å². The van der Waals surface area contributed by atoms with Crippen molar-refractivity contribution < 1.29 is 14.6 Å². The third-order valence-corrected chi connectivity index (χ3v) is 8.13. The van der Waals surface area contributed by atoms with Crippen LogP contribution in [0.4, 0.5) is 16.0 Å². The SMILES string of the molecule is N#Cc1nccc(NC2CCN(C(O)(O)c3ccc(-n4c(-c5cccnc5N)nc5ccc(-c6ccc(F)cn6)nc54)cc3)CC2)n1. The number of piperidine rings is 1. The van der Waals surface area contributed by atoms with Crippen molar-refractivity contribution in [2.24, 2.45) is 0 Å². The van der Waals surface area contributed by atoms with Crippen LogP contribution in [0.15, 0.2) is 85.3 Å². The molecule has 5 aromatic heterocycles. The Hall–Kier alpha value is -5.88. The number of rotatable bonds is 7. The molecule has 0 radical (unpaired) electrons. The number of nitrogen functional groups attached to an aromatic ring is 1. The lowest BCUT2D eigenvalue weighted by Gasteiger charge is -2.40. The van der Waals surface area contributed by atoms with Crippen molar-refractivity contribution in [3.63, 3.8) is 0 Å². The maximum Gasteiger partial charge on any atom is 0.253 e. The van der Waals surface area contributed by atoms with Crippen LogP contribution >= 0.6 is 0 Å². The van der Waals surface area contributed by atoms with Gasteiger partial charge >= 0.3 is 0 Å². The Morgan fingerprint density at radius 3 is 2.40 bits per heavy atom. The molecule has 1 aromatic carbocycles. The Labute approximate surface area is 267 Å². The molecule has 1 aliphatic rings. The van der Waals surface area contributed by atoms with E-state index in [4.69, 9.17) is 21.0 Å². The number of nitrogens with zero attached hydrogens (tertiary/aromatic N) is 9. The smallest absolute Gasteiger partial charge is 0.253 e. The van der Waals surface area contributed by atoms with Gasteiger partial charge in [0.25, 0.3) is 5.91 Å². The number of imidazole rings is 1. The first-order chi connectivity index (χ1) is 22.8. The number of nitriles is 1. The summed E-state index contributed by atoms with van der Waals surface area (Å²) in [5.74, 6) is -1.25. The zero-order valence-corrected chi connectivity index (χ0v) is 24.9. The molecule has 0 unspecified atom stereocenters. The number of nitrogens with two attached hydrogens (primary N) is 1. The predicted molar refractivity (Wildman–Crippen MR) is 171 cm³/mol. The standard InChI is InChI=1S/C33H28FN11O2/c34-21-5-8-25(39-19-21)26-9-10-27-32(41-26)45(31(42-27)24-2-1-14-38-30(24)36)23-6-3-20(4-7-23)33(46,47)44-16-12-22(13-17-44)40-28-11-15-37-29(18-35)43-28/h1-11,14-15,19,22,46-47H,12-13,16-17H2,(H2,36,38)(H,37,40,43). The summed E-state index contributed by atoms with van der Waals surface area (Å²) in [5.41, 5.74) is 9.89. The highest BCUT2D eigenvalue weighted by Crippen LogP contribution is 2.33. The highest BCUT2D eigenvalue weighted by Gasteiger charge is 2.37. The molecule has 0 amide bonds. The number of halogens is 1. The van der Waals surface area contributed by atoms with Crippen molar-refractivity contribution >= 4 is 22.8 Å². The number of benzene rings is 1. The molecule has 7 rings (SSSR count). The van der Waals surface area contributed by atoms with Gasteiger partial charge in [0.15, 0.2) is 11.5 Å². The highest BCUT2D eigenvalue weighted by atomic mass is 19.1. The normalized spacial score (nSPS) is 14.3. The first kappa shape index (κ1) is 29.8. The summed E-state index contributed by atoms with van der Waals surface area (Å²) in [6.07, 6.45) is 5.51. The minimum Gasteiger partial charge on any atom is -0.383 e. The average Bonchev–Trinajstić information content (AvgIpc) is 3.48. The van der Waals surface area contributed by atoms with Gasteiger partial charge in [0.05, 0.1) is 23.1 Å². The Kier molecular flexibility index (Phi) is 7.70. The lowest BCUT2D eigenvalue weighted by molar-refractivity contribution is -0.279. The largest absolute Gasteiger partial charge is 0.383 e. The van der Waals surface area contributed by atoms with Gasteiger partial charge in [-0.1, -0.05) is 12.1 Å². The minimum absolute atomic E-state index is 0.0428. The van der Waals surface area contributed by atoms with Crippen LogP contribution in [-0.2, 0) is 5.91 Å². The second kappa shape index (κ2) is 12.1. The number of fused-ring (bicyclic) bond motifs is 1. The molecule has 14 heteroatoms. The van der Waals surface area contributed by atoms with Crippen LogP contribution in [0.3, 0.4) is 0 Å². The lowest BCUT2D eigenvalue weighted by Crippen LogP contribution is -2.51. The summed E-state index contributed by atoms with van der Waals surface area (Å²) >= 11 is 0. The van der Waals surface area contributed by atoms with Crippen LogP contribution in [0.25, 0.3) is 39.6 Å². The van der Waals surface area contributed by atoms with Gasteiger partial charge in [-0.2, -0.15) is 5.26 Å². The molecular formula is C33H28FN11O2. The number of likely N-dealkylation sites (tertiary alicyclic amines) is 1. The van der Waals surface area contributed by atoms with E-state index in [1.807, 2.05) is 22.8 Å². The Bertz CT molecular complexity index is 2100. The van der Waals surface area contributed by atoms with E-state index in [1.54, 1.807) is 59.6 Å².